The van der Waals surface area contributed by atoms with Gasteiger partial charge >= 0.3 is 0 Å². The van der Waals surface area contributed by atoms with Crippen molar-refractivity contribution < 1.29 is 9.47 Å². The molecule has 0 bridgehead atoms. The van der Waals surface area contributed by atoms with Gasteiger partial charge in [0.25, 0.3) is 5.56 Å². The third-order valence-electron chi connectivity index (χ3n) is 3.87. The van der Waals surface area contributed by atoms with Gasteiger partial charge in [0.2, 0.25) is 4.96 Å². The van der Waals surface area contributed by atoms with Crippen LogP contribution in [0.5, 0.6) is 11.5 Å². The molecule has 0 radical (unpaired) electrons. The van der Waals surface area contributed by atoms with Crippen LogP contribution in [0.15, 0.2) is 40.5 Å². The Hall–Kier alpha value is -2.97. The highest BCUT2D eigenvalue weighted by atomic mass is 32.1. The van der Waals surface area contributed by atoms with Crippen molar-refractivity contribution in [3.05, 3.63) is 66.9 Å². The number of fused-ring (bicyclic) bond motifs is 1. The number of hydrogen-bond acceptors (Lipinski definition) is 7. The largest absolute Gasteiger partial charge is 0.497 e. The fourth-order valence-corrected chi connectivity index (χ4v) is 4.06. The number of hydrogen-bond donors (Lipinski definition) is 0. The minimum atomic E-state index is -0.198. The first-order valence-corrected chi connectivity index (χ1v) is 9.72. The standard InChI is InChI=1S/C19H15N3O3S2/c1-24-13-6-5-12(15(11-13)25-2)10-16-18(23)22-19(27-16)20-17(21-22)8-7-14-4-3-9-26-14/h3-11H,1-2H3/b8-7+,16-10-. The molecule has 3 aromatic heterocycles. The Balaban J connectivity index is 1.72. The number of aromatic nitrogens is 3. The molecule has 1 aromatic carbocycles. The number of thiophene rings is 1. The average molecular weight is 397 g/mol. The van der Waals surface area contributed by atoms with Gasteiger partial charge in [-0.2, -0.15) is 9.50 Å². The SMILES string of the molecule is COc1ccc(/C=c2\sc3nc(/C=C/c4cccs4)nn3c2=O)c(OC)c1. The molecule has 0 aliphatic heterocycles. The zero-order valence-corrected chi connectivity index (χ0v) is 16.2. The smallest absolute Gasteiger partial charge is 0.291 e. The molecule has 27 heavy (non-hydrogen) atoms. The zero-order valence-electron chi connectivity index (χ0n) is 14.6. The number of rotatable bonds is 5. The lowest BCUT2D eigenvalue weighted by atomic mass is 10.2. The first kappa shape index (κ1) is 17.4. The van der Waals surface area contributed by atoms with Gasteiger partial charge in [-0.15, -0.1) is 16.4 Å². The third kappa shape index (κ3) is 3.49. The van der Waals surface area contributed by atoms with Gasteiger partial charge < -0.3 is 9.47 Å². The van der Waals surface area contributed by atoms with E-state index in [1.165, 1.54) is 15.9 Å². The summed E-state index contributed by atoms with van der Waals surface area (Å²) in [6.07, 6.45) is 5.52. The number of methoxy groups -OCH3 is 2. The van der Waals surface area contributed by atoms with Gasteiger partial charge in [-0.1, -0.05) is 17.4 Å². The van der Waals surface area contributed by atoms with Crippen LogP contribution in [0.2, 0.25) is 0 Å². The Labute approximate surface area is 162 Å². The molecule has 0 aliphatic carbocycles. The summed E-state index contributed by atoms with van der Waals surface area (Å²) in [4.78, 5) is 18.7. The molecular formula is C19H15N3O3S2. The van der Waals surface area contributed by atoms with Crippen LogP contribution in [0.4, 0.5) is 0 Å². The molecular weight excluding hydrogens is 382 g/mol. The molecule has 0 spiro atoms. The fraction of sp³-hybridized carbons (Fsp3) is 0.105. The number of thiazole rings is 1. The molecule has 136 valence electrons. The Bertz CT molecular complexity index is 1220. The summed E-state index contributed by atoms with van der Waals surface area (Å²) in [7, 11) is 3.18. The maximum atomic E-state index is 12.7. The monoisotopic (exact) mass is 397 g/mol. The quantitative estimate of drug-likeness (QED) is 0.518. The van der Waals surface area contributed by atoms with Crippen molar-refractivity contribution in [3.63, 3.8) is 0 Å². The maximum Gasteiger partial charge on any atom is 0.291 e. The van der Waals surface area contributed by atoms with Crippen LogP contribution in [0.3, 0.4) is 0 Å². The van der Waals surface area contributed by atoms with Crippen molar-refractivity contribution in [1.82, 2.24) is 14.6 Å². The molecule has 0 atom stereocenters. The molecule has 3 heterocycles. The van der Waals surface area contributed by atoms with E-state index in [0.717, 1.165) is 10.4 Å². The molecule has 8 heteroatoms. The van der Waals surface area contributed by atoms with Crippen molar-refractivity contribution in [2.75, 3.05) is 14.2 Å². The van der Waals surface area contributed by atoms with E-state index >= 15 is 0 Å². The Morgan fingerprint density at radius 3 is 2.74 bits per heavy atom. The Kier molecular flexibility index (Phi) is 4.74. The van der Waals surface area contributed by atoms with Crippen LogP contribution in [0.25, 0.3) is 23.2 Å². The minimum Gasteiger partial charge on any atom is -0.497 e. The summed E-state index contributed by atoms with van der Waals surface area (Å²) >= 11 is 2.93. The van der Waals surface area contributed by atoms with Crippen LogP contribution < -0.4 is 19.6 Å². The van der Waals surface area contributed by atoms with Crippen molar-refractivity contribution in [1.29, 1.82) is 0 Å². The first-order valence-electron chi connectivity index (χ1n) is 8.03. The highest BCUT2D eigenvalue weighted by Gasteiger charge is 2.10. The first-order chi connectivity index (χ1) is 13.2. The Morgan fingerprint density at radius 2 is 2.04 bits per heavy atom. The lowest BCUT2D eigenvalue weighted by Gasteiger charge is -2.06. The maximum absolute atomic E-state index is 12.7. The summed E-state index contributed by atoms with van der Waals surface area (Å²) in [5, 5.41) is 6.30. The van der Waals surface area contributed by atoms with Crippen LogP contribution in [0, 0.1) is 0 Å². The summed E-state index contributed by atoms with van der Waals surface area (Å²) in [5.41, 5.74) is 0.592. The fourth-order valence-electron chi connectivity index (χ4n) is 2.54. The predicted molar refractivity (Wildman–Crippen MR) is 109 cm³/mol. The van der Waals surface area contributed by atoms with Crippen molar-refractivity contribution in [2.45, 2.75) is 0 Å². The lowest BCUT2D eigenvalue weighted by molar-refractivity contribution is 0.393. The molecule has 4 aromatic rings. The van der Waals surface area contributed by atoms with Gasteiger partial charge in [-0.25, -0.2) is 0 Å². The van der Waals surface area contributed by atoms with Crippen LogP contribution in [0.1, 0.15) is 16.3 Å². The summed E-state index contributed by atoms with van der Waals surface area (Å²) in [5.74, 6) is 1.84. The topological polar surface area (TPSA) is 65.7 Å². The van der Waals surface area contributed by atoms with E-state index in [4.69, 9.17) is 9.47 Å². The van der Waals surface area contributed by atoms with E-state index in [1.807, 2.05) is 35.7 Å². The van der Waals surface area contributed by atoms with Crippen molar-refractivity contribution in [2.24, 2.45) is 0 Å². The number of nitrogens with zero attached hydrogens (tertiary/aromatic N) is 3. The van der Waals surface area contributed by atoms with Gasteiger partial charge in [-0.3, -0.25) is 4.79 Å². The van der Waals surface area contributed by atoms with Crippen molar-refractivity contribution >= 4 is 45.9 Å². The minimum absolute atomic E-state index is 0.198. The van der Waals surface area contributed by atoms with Gasteiger partial charge in [0.15, 0.2) is 5.82 Å². The average Bonchev–Trinajstić information content (AvgIpc) is 3.40. The van der Waals surface area contributed by atoms with Gasteiger partial charge in [-0.05, 0) is 41.8 Å². The lowest BCUT2D eigenvalue weighted by Crippen LogP contribution is -2.23. The van der Waals surface area contributed by atoms with E-state index < -0.39 is 0 Å². The van der Waals surface area contributed by atoms with Crippen molar-refractivity contribution in [3.8, 4) is 11.5 Å². The summed E-state index contributed by atoms with van der Waals surface area (Å²) < 4.78 is 12.5. The molecule has 0 saturated carbocycles. The highest BCUT2D eigenvalue weighted by molar-refractivity contribution is 7.15. The molecule has 6 nitrogen and oxygen atoms in total. The molecule has 4 rings (SSSR count). The van der Waals surface area contributed by atoms with E-state index in [0.29, 0.717) is 26.8 Å². The van der Waals surface area contributed by atoms with Crippen LogP contribution >= 0.6 is 22.7 Å². The second-order valence-electron chi connectivity index (χ2n) is 5.54. The second-order valence-corrected chi connectivity index (χ2v) is 7.53. The van der Waals surface area contributed by atoms with Gasteiger partial charge in [0.1, 0.15) is 11.5 Å². The second kappa shape index (κ2) is 7.34. The zero-order chi connectivity index (χ0) is 18.8. The molecule has 0 aliphatic rings. The predicted octanol–water partition coefficient (Wildman–Crippen LogP) is 2.95. The molecule has 0 saturated heterocycles. The molecule has 0 N–H and O–H groups in total. The van der Waals surface area contributed by atoms with Crippen LogP contribution in [-0.2, 0) is 0 Å². The number of benzene rings is 1. The van der Waals surface area contributed by atoms with Gasteiger partial charge in [0.05, 0.1) is 18.8 Å². The summed E-state index contributed by atoms with van der Waals surface area (Å²) in [6.45, 7) is 0. The molecule has 0 unspecified atom stereocenters. The van der Waals surface area contributed by atoms with E-state index in [-0.39, 0.29) is 5.56 Å². The third-order valence-corrected chi connectivity index (χ3v) is 5.66. The number of ether oxygens (including phenoxy) is 2. The Morgan fingerprint density at radius 1 is 1.15 bits per heavy atom. The molecule has 0 fully saturated rings. The van der Waals surface area contributed by atoms with E-state index in [1.54, 1.807) is 43.8 Å². The highest BCUT2D eigenvalue weighted by Crippen LogP contribution is 2.25. The van der Waals surface area contributed by atoms with Crippen LogP contribution in [-0.4, -0.2) is 28.8 Å². The van der Waals surface area contributed by atoms with E-state index in [9.17, 15) is 4.79 Å². The summed E-state index contributed by atoms with van der Waals surface area (Å²) in [6, 6.07) is 9.44. The molecule has 0 amide bonds. The normalized spacial score (nSPS) is 12.3. The van der Waals surface area contributed by atoms with Gasteiger partial charge in [0, 0.05) is 16.5 Å². The van der Waals surface area contributed by atoms with E-state index in [2.05, 4.69) is 10.1 Å².